The minimum Gasteiger partial charge on any atom is -0.369 e. The number of hydrogen-bond acceptors (Lipinski definition) is 2. The highest BCUT2D eigenvalue weighted by molar-refractivity contribution is 6.30. The van der Waals surface area contributed by atoms with Gasteiger partial charge in [0.25, 0.3) is 0 Å². The molecule has 0 aliphatic carbocycles. The third-order valence-electron chi connectivity index (χ3n) is 1.58. The second kappa shape index (κ2) is 4.49. The Morgan fingerprint density at radius 3 is 2.93 bits per heavy atom. The largest absolute Gasteiger partial charge is 0.369 e. The Morgan fingerprint density at radius 2 is 2.36 bits per heavy atom. The van der Waals surface area contributed by atoms with Crippen molar-refractivity contribution in [1.82, 2.24) is 5.32 Å². The molecule has 0 saturated heterocycles. The molecule has 0 bridgehead atoms. The van der Waals surface area contributed by atoms with Gasteiger partial charge in [-0.2, -0.15) is 5.26 Å². The number of guanidine groups is 1. The van der Waals surface area contributed by atoms with Gasteiger partial charge in [0.05, 0.1) is 5.69 Å². The van der Waals surface area contributed by atoms with Crippen molar-refractivity contribution in [3.63, 3.8) is 0 Å². The number of benzene rings is 1. The predicted molar refractivity (Wildman–Crippen MR) is 56.2 cm³/mol. The highest BCUT2D eigenvalue weighted by Gasteiger charge is 1.98. The van der Waals surface area contributed by atoms with Gasteiger partial charge < -0.3 is 5.73 Å². The van der Waals surface area contributed by atoms with Crippen LogP contribution < -0.4 is 11.1 Å². The molecule has 4 nitrogen and oxygen atoms in total. The third-order valence-corrected chi connectivity index (χ3v) is 1.82. The van der Waals surface area contributed by atoms with E-state index in [0.717, 1.165) is 5.56 Å². The molecule has 0 aliphatic heterocycles. The molecule has 0 saturated carbocycles. The number of aliphatic imine (C=N–C) groups is 1. The summed E-state index contributed by atoms with van der Waals surface area (Å²) in [7, 11) is 0. The summed E-state index contributed by atoms with van der Waals surface area (Å²) < 4.78 is 0. The SMILES string of the molecule is Cc1cc(Cl)ccc1N=C(N)NC#N. The Hall–Kier alpha value is -1.73. The summed E-state index contributed by atoms with van der Waals surface area (Å²) in [5.41, 5.74) is 7.00. The van der Waals surface area contributed by atoms with Crippen LogP contribution in [0.3, 0.4) is 0 Å². The van der Waals surface area contributed by atoms with Crippen molar-refractivity contribution in [2.45, 2.75) is 6.92 Å². The van der Waals surface area contributed by atoms with Crippen LogP contribution in [-0.2, 0) is 0 Å². The van der Waals surface area contributed by atoms with Crippen molar-refractivity contribution in [1.29, 1.82) is 5.26 Å². The molecule has 0 heterocycles. The van der Waals surface area contributed by atoms with Crippen molar-refractivity contribution in [3.05, 3.63) is 28.8 Å². The van der Waals surface area contributed by atoms with Gasteiger partial charge in [0.15, 0.2) is 6.19 Å². The van der Waals surface area contributed by atoms with Gasteiger partial charge in [-0.05, 0) is 30.7 Å². The highest BCUT2D eigenvalue weighted by Crippen LogP contribution is 2.21. The fraction of sp³-hybridized carbons (Fsp3) is 0.111. The van der Waals surface area contributed by atoms with Crippen molar-refractivity contribution >= 4 is 23.2 Å². The average Bonchev–Trinajstić information content (AvgIpc) is 2.10. The Kier molecular flexibility index (Phi) is 3.32. The van der Waals surface area contributed by atoms with Crippen LogP contribution in [0.1, 0.15) is 5.56 Å². The highest BCUT2D eigenvalue weighted by atomic mass is 35.5. The number of nitriles is 1. The maximum absolute atomic E-state index is 8.29. The summed E-state index contributed by atoms with van der Waals surface area (Å²) >= 11 is 5.77. The van der Waals surface area contributed by atoms with E-state index in [1.807, 2.05) is 6.92 Å². The third kappa shape index (κ3) is 2.64. The first kappa shape index (κ1) is 10.4. The van der Waals surface area contributed by atoms with Crippen LogP contribution in [0.4, 0.5) is 5.69 Å². The van der Waals surface area contributed by atoms with E-state index in [1.54, 1.807) is 24.4 Å². The smallest absolute Gasteiger partial charge is 0.207 e. The second-order valence-corrected chi connectivity index (χ2v) is 3.10. The van der Waals surface area contributed by atoms with E-state index in [0.29, 0.717) is 10.7 Å². The summed E-state index contributed by atoms with van der Waals surface area (Å²) in [5.74, 6) is 0.0675. The Bertz CT molecular complexity index is 406. The van der Waals surface area contributed by atoms with Gasteiger partial charge in [0.2, 0.25) is 5.96 Å². The van der Waals surface area contributed by atoms with Crippen molar-refractivity contribution in [2.75, 3.05) is 0 Å². The summed E-state index contributed by atoms with van der Waals surface area (Å²) in [6, 6.07) is 5.23. The quantitative estimate of drug-likeness (QED) is 0.319. The number of nitrogens with one attached hydrogen (secondary N) is 1. The van der Waals surface area contributed by atoms with Gasteiger partial charge in [0.1, 0.15) is 0 Å². The Morgan fingerprint density at radius 1 is 1.64 bits per heavy atom. The molecule has 0 unspecified atom stereocenters. The fourth-order valence-corrected chi connectivity index (χ4v) is 1.19. The molecule has 0 aliphatic rings. The lowest BCUT2D eigenvalue weighted by Gasteiger charge is -2.01. The van der Waals surface area contributed by atoms with Crippen molar-refractivity contribution < 1.29 is 0 Å². The predicted octanol–water partition coefficient (Wildman–Crippen LogP) is 1.67. The maximum atomic E-state index is 8.29. The number of hydrogen-bond donors (Lipinski definition) is 2. The van der Waals surface area contributed by atoms with E-state index in [2.05, 4.69) is 10.3 Å². The van der Waals surface area contributed by atoms with Gasteiger partial charge in [0, 0.05) is 5.02 Å². The lowest BCUT2D eigenvalue weighted by Crippen LogP contribution is -2.26. The topological polar surface area (TPSA) is 74.2 Å². The molecular weight excluding hydrogens is 200 g/mol. The van der Waals surface area contributed by atoms with Gasteiger partial charge in [-0.3, -0.25) is 5.32 Å². The molecule has 0 aromatic heterocycles. The van der Waals surface area contributed by atoms with Crippen LogP contribution in [0.5, 0.6) is 0 Å². The zero-order valence-electron chi connectivity index (χ0n) is 7.58. The molecular formula is C9H9ClN4. The van der Waals surface area contributed by atoms with Gasteiger partial charge in [-0.15, -0.1) is 0 Å². The van der Waals surface area contributed by atoms with Crippen LogP contribution in [-0.4, -0.2) is 5.96 Å². The molecule has 5 heteroatoms. The van der Waals surface area contributed by atoms with E-state index >= 15 is 0 Å². The number of rotatable bonds is 1. The molecule has 0 fully saturated rings. The zero-order chi connectivity index (χ0) is 10.6. The number of nitrogens with two attached hydrogens (primary N) is 1. The molecule has 72 valence electrons. The van der Waals surface area contributed by atoms with Gasteiger partial charge >= 0.3 is 0 Å². The van der Waals surface area contributed by atoms with E-state index in [4.69, 9.17) is 22.6 Å². The average molecular weight is 209 g/mol. The lowest BCUT2D eigenvalue weighted by atomic mass is 10.2. The van der Waals surface area contributed by atoms with Crippen LogP contribution in [0, 0.1) is 18.4 Å². The van der Waals surface area contributed by atoms with Crippen LogP contribution in [0.2, 0.25) is 5.02 Å². The molecule has 0 spiro atoms. The second-order valence-electron chi connectivity index (χ2n) is 2.66. The van der Waals surface area contributed by atoms with Crippen LogP contribution in [0.15, 0.2) is 23.2 Å². The van der Waals surface area contributed by atoms with Crippen molar-refractivity contribution in [2.24, 2.45) is 10.7 Å². The fourth-order valence-electron chi connectivity index (χ4n) is 0.959. The molecule has 1 aromatic carbocycles. The summed E-state index contributed by atoms with van der Waals surface area (Å²) in [6.45, 7) is 1.87. The summed E-state index contributed by atoms with van der Waals surface area (Å²) in [6.07, 6.45) is 1.69. The standard InChI is InChI=1S/C9H9ClN4/c1-6-4-7(10)2-3-8(6)14-9(12)13-5-11/h2-4H,1H3,(H3,12,13,14). The molecule has 0 radical (unpaired) electrons. The van der Waals surface area contributed by atoms with Crippen LogP contribution in [0.25, 0.3) is 0 Å². The Labute approximate surface area is 87.0 Å². The number of halogens is 1. The maximum Gasteiger partial charge on any atom is 0.207 e. The Balaban J connectivity index is 2.98. The molecule has 1 aromatic rings. The van der Waals surface area contributed by atoms with Gasteiger partial charge in [-0.1, -0.05) is 11.6 Å². The number of aryl methyl sites for hydroxylation is 1. The first-order valence-electron chi connectivity index (χ1n) is 3.89. The minimum absolute atomic E-state index is 0.0675. The molecule has 14 heavy (non-hydrogen) atoms. The normalized spacial score (nSPS) is 10.8. The molecule has 1 rings (SSSR count). The van der Waals surface area contributed by atoms with E-state index in [9.17, 15) is 0 Å². The molecule has 3 N–H and O–H groups in total. The minimum atomic E-state index is 0.0675. The first-order chi connectivity index (χ1) is 6.63. The first-order valence-corrected chi connectivity index (χ1v) is 4.26. The summed E-state index contributed by atoms with van der Waals surface area (Å²) in [4.78, 5) is 3.99. The number of nitrogens with zero attached hydrogens (tertiary/aromatic N) is 2. The van der Waals surface area contributed by atoms with Crippen LogP contribution >= 0.6 is 11.6 Å². The van der Waals surface area contributed by atoms with E-state index in [-0.39, 0.29) is 5.96 Å². The van der Waals surface area contributed by atoms with Crippen molar-refractivity contribution in [3.8, 4) is 6.19 Å². The molecule has 0 amide bonds. The van der Waals surface area contributed by atoms with E-state index < -0.39 is 0 Å². The zero-order valence-corrected chi connectivity index (χ0v) is 8.34. The lowest BCUT2D eigenvalue weighted by molar-refractivity contribution is 1.21. The molecule has 0 atom stereocenters. The van der Waals surface area contributed by atoms with E-state index in [1.165, 1.54) is 0 Å². The monoisotopic (exact) mass is 208 g/mol. The summed E-state index contributed by atoms with van der Waals surface area (Å²) in [5, 5.41) is 11.2. The van der Waals surface area contributed by atoms with Gasteiger partial charge in [-0.25, -0.2) is 4.99 Å².